The molecule has 168 valence electrons. The van der Waals surface area contributed by atoms with Crippen LogP contribution in [0.5, 0.6) is 0 Å². The van der Waals surface area contributed by atoms with Crippen LogP contribution in [0.1, 0.15) is 32.3 Å². The molecule has 0 saturated carbocycles. The van der Waals surface area contributed by atoms with Gasteiger partial charge in [0.2, 0.25) is 0 Å². The summed E-state index contributed by atoms with van der Waals surface area (Å²) in [7, 11) is -3.21. The molecule has 1 aromatic carbocycles. The number of hydrogen-bond acceptors (Lipinski definition) is 5. The first-order valence-corrected chi connectivity index (χ1v) is 12.5. The zero-order chi connectivity index (χ0) is 22.6. The second kappa shape index (κ2) is 9.78. The molecule has 2 heterocycles. The fraction of sp³-hybridized carbons (Fsp3) is 0.478. The fourth-order valence-corrected chi connectivity index (χ4v) is 4.66. The number of sulfone groups is 1. The lowest BCUT2D eigenvalue weighted by Crippen LogP contribution is -2.47. The van der Waals surface area contributed by atoms with Crippen LogP contribution in [-0.4, -0.2) is 66.3 Å². The Kier molecular flexibility index (Phi) is 7.33. The quantitative estimate of drug-likeness (QED) is 0.698. The van der Waals surface area contributed by atoms with Gasteiger partial charge in [-0.05, 0) is 42.5 Å². The Hall–Kier alpha value is -2.45. The predicted octanol–water partition coefficient (Wildman–Crippen LogP) is 3.75. The Balaban J connectivity index is 1.69. The van der Waals surface area contributed by atoms with Crippen molar-refractivity contribution in [1.29, 1.82) is 0 Å². The average Bonchev–Trinajstić information content (AvgIpc) is 2.73. The maximum Gasteiger partial charge on any atom is 0.407 e. The SMILES string of the molecule is CC(C)CN(Cc1ccc(-c2ccc(S(C)(=O)=O)cc2)nc1)C1CCN(C(=O)O)CC1. The smallest absolute Gasteiger partial charge is 0.407 e. The molecular weight excluding hydrogens is 414 g/mol. The van der Waals surface area contributed by atoms with Crippen LogP contribution >= 0.6 is 0 Å². The number of pyridine rings is 1. The van der Waals surface area contributed by atoms with E-state index >= 15 is 0 Å². The van der Waals surface area contributed by atoms with E-state index in [9.17, 15) is 18.3 Å². The number of nitrogens with zero attached hydrogens (tertiary/aromatic N) is 3. The zero-order valence-corrected chi connectivity index (χ0v) is 19.2. The standard InChI is InChI=1S/C23H31N3O4S/c1-17(2)15-26(20-10-12-25(13-11-20)23(27)28)16-18-4-9-22(24-14-18)19-5-7-21(8-6-19)31(3,29)30/h4-9,14,17,20H,10-13,15-16H2,1-3H3,(H,27,28). The van der Waals surface area contributed by atoms with E-state index in [1.807, 2.05) is 12.3 Å². The third kappa shape index (κ3) is 6.27. The Bertz CT molecular complexity index is 980. The third-order valence-corrected chi connectivity index (χ3v) is 6.77. The van der Waals surface area contributed by atoms with Crippen molar-refractivity contribution in [3.63, 3.8) is 0 Å². The van der Waals surface area contributed by atoms with Gasteiger partial charge < -0.3 is 10.0 Å². The van der Waals surface area contributed by atoms with Crippen molar-refractivity contribution in [2.75, 3.05) is 25.9 Å². The summed E-state index contributed by atoms with van der Waals surface area (Å²) >= 11 is 0. The van der Waals surface area contributed by atoms with Crippen LogP contribution in [0.4, 0.5) is 4.79 Å². The molecule has 0 aliphatic carbocycles. The highest BCUT2D eigenvalue weighted by atomic mass is 32.2. The van der Waals surface area contributed by atoms with E-state index in [0.29, 0.717) is 29.9 Å². The highest BCUT2D eigenvalue weighted by molar-refractivity contribution is 7.90. The third-order valence-electron chi connectivity index (χ3n) is 5.64. The van der Waals surface area contributed by atoms with Crippen LogP contribution < -0.4 is 0 Å². The molecule has 2 aromatic rings. The summed E-state index contributed by atoms with van der Waals surface area (Å²) in [6, 6.07) is 11.2. The number of rotatable bonds is 7. The first kappa shape index (κ1) is 23.2. The highest BCUT2D eigenvalue weighted by Crippen LogP contribution is 2.23. The summed E-state index contributed by atoms with van der Waals surface area (Å²) in [5.41, 5.74) is 2.78. The second-order valence-electron chi connectivity index (χ2n) is 8.67. The number of carboxylic acid groups (broad SMARTS) is 1. The molecule has 31 heavy (non-hydrogen) atoms. The van der Waals surface area contributed by atoms with Crippen molar-refractivity contribution in [2.45, 2.75) is 44.2 Å². The number of hydrogen-bond donors (Lipinski definition) is 1. The van der Waals surface area contributed by atoms with Gasteiger partial charge in [0.1, 0.15) is 0 Å². The minimum atomic E-state index is -3.21. The number of amides is 1. The first-order valence-electron chi connectivity index (χ1n) is 10.6. The summed E-state index contributed by atoms with van der Waals surface area (Å²) in [5, 5.41) is 9.19. The molecule has 0 bridgehead atoms. The topological polar surface area (TPSA) is 90.8 Å². The lowest BCUT2D eigenvalue weighted by molar-refractivity contribution is 0.0846. The molecule has 0 spiro atoms. The van der Waals surface area contributed by atoms with Gasteiger partial charge in [-0.2, -0.15) is 0 Å². The van der Waals surface area contributed by atoms with E-state index in [2.05, 4.69) is 29.8 Å². The minimum Gasteiger partial charge on any atom is -0.465 e. The molecule has 1 aromatic heterocycles. The van der Waals surface area contributed by atoms with Gasteiger partial charge in [-0.25, -0.2) is 13.2 Å². The normalized spacial score (nSPS) is 15.6. The van der Waals surface area contributed by atoms with Gasteiger partial charge in [-0.1, -0.05) is 32.0 Å². The lowest BCUT2D eigenvalue weighted by atomic mass is 10.0. The molecule has 1 fully saturated rings. The van der Waals surface area contributed by atoms with Gasteiger partial charge in [0, 0.05) is 50.2 Å². The number of piperidine rings is 1. The van der Waals surface area contributed by atoms with Gasteiger partial charge in [-0.15, -0.1) is 0 Å². The second-order valence-corrected chi connectivity index (χ2v) is 10.7. The number of carbonyl (C=O) groups is 1. The lowest BCUT2D eigenvalue weighted by Gasteiger charge is -2.38. The zero-order valence-electron chi connectivity index (χ0n) is 18.4. The number of aromatic nitrogens is 1. The summed E-state index contributed by atoms with van der Waals surface area (Å²) < 4.78 is 23.3. The summed E-state index contributed by atoms with van der Waals surface area (Å²) in [5.74, 6) is 0.512. The fourth-order valence-electron chi connectivity index (χ4n) is 4.03. The van der Waals surface area contributed by atoms with Crippen molar-refractivity contribution in [3.8, 4) is 11.3 Å². The van der Waals surface area contributed by atoms with Gasteiger partial charge in [0.15, 0.2) is 9.84 Å². The van der Waals surface area contributed by atoms with E-state index in [-0.39, 0.29) is 0 Å². The Morgan fingerprint density at radius 2 is 1.81 bits per heavy atom. The largest absolute Gasteiger partial charge is 0.465 e. The van der Waals surface area contributed by atoms with Gasteiger partial charge in [0.05, 0.1) is 10.6 Å². The van der Waals surface area contributed by atoms with Crippen LogP contribution in [0, 0.1) is 5.92 Å². The van der Waals surface area contributed by atoms with E-state index in [0.717, 1.165) is 42.8 Å². The van der Waals surface area contributed by atoms with E-state index < -0.39 is 15.9 Å². The van der Waals surface area contributed by atoms with Crippen molar-refractivity contribution in [2.24, 2.45) is 5.92 Å². The molecule has 8 heteroatoms. The van der Waals surface area contributed by atoms with Crippen molar-refractivity contribution in [1.82, 2.24) is 14.8 Å². The van der Waals surface area contributed by atoms with Crippen LogP contribution in [0.2, 0.25) is 0 Å². The molecule has 1 aliphatic heterocycles. The Morgan fingerprint density at radius 1 is 1.16 bits per heavy atom. The van der Waals surface area contributed by atoms with Crippen LogP contribution in [0.3, 0.4) is 0 Å². The maximum absolute atomic E-state index is 11.6. The van der Waals surface area contributed by atoms with Crippen molar-refractivity contribution in [3.05, 3.63) is 48.2 Å². The number of likely N-dealkylation sites (tertiary alicyclic amines) is 1. The van der Waals surface area contributed by atoms with E-state index in [1.165, 1.54) is 11.2 Å². The highest BCUT2D eigenvalue weighted by Gasteiger charge is 2.27. The summed E-state index contributed by atoms with van der Waals surface area (Å²) in [6.45, 7) is 7.27. The van der Waals surface area contributed by atoms with Crippen LogP contribution in [-0.2, 0) is 16.4 Å². The predicted molar refractivity (Wildman–Crippen MR) is 121 cm³/mol. The van der Waals surface area contributed by atoms with Gasteiger partial charge in [-0.3, -0.25) is 9.88 Å². The number of benzene rings is 1. The monoisotopic (exact) mass is 445 g/mol. The van der Waals surface area contributed by atoms with E-state index in [4.69, 9.17) is 0 Å². The van der Waals surface area contributed by atoms with Crippen molar-refractivity contribution >= 4 is 15.9 Å². The summed E-state index contributed by atoms with van der Waals surface area (Å²) in [6.07, 6.45) is 3.93. The molecular formula is C23H31N3O4S. The molecule has 3 rings (SSSR count). The summed E-state index contributed by atoms with van der Waals surface area (Å²) in [4.78, 5) is 20.0. The molecule has 0 atom stereocenters. The Labute approximate surface area is 184 Å². The van der Waals surface area contributed by atoms with E-state index in [1.54, 1.807) is 24.3 Å². The maximum atomic E-state index is 11.6. The van der Waals surface area contributed by atoms with Crippen molar-refractivity contribution < 1.29 is 18.3 Å². The van der Waals surface area contributed by atoms with Crippen LogP contribution in [0.15, 0.2) is 47.5 Å². The van der Waals surface area contributed by atoms with Gasteiger partial charge >= 0.3 is 6.09 Å². The molecule has 1 N–H and O–H groups in total. The Morgan fingerprint density at radius 3 is 2.29 bits per heavy atom. The average molecular weight is 446 g/mol. The molecule has 1 amide bonds. The van der Waals surface area contributed by atoms with Crippen LogP contribution in [0.25, 0.3) is 11.3 Å². The first-order chi connectivity index (χ1) is 14.6. The molecule has 0 radical (unpaired) electrons. The minimum absolute atomic E-state index is 0.297. The molecule has 0 unspecified atom stereocenters. The molecule has 1 aliphatic rings. The molecule has 1 saturated heterocycles. The molecule has 7 nitrogen and oxygen atoms in total. The van der Waals surface area contributed by atoms with Gasteiger partial charge in [0.25, 0.3) is 0 Å².